The molecule has 0 aliphatic heterocycles. The summed E-state index contributed by atoms with van der Waals surface area (Å²) in [5.74, 6) is -0.591. The predicted molar refractivity (Wildman–Crippen MR) is 86.2 cm³/mol. The Bertz CT molecular complexity index is 710. The van der Waals surface area contributed by atoms with Crippen LogP contribution >= 0.6 is 0 Å². The first-order valence-corrected chi connectivity index (χ1v) is 8.08. The van der Waals surface area contributed by atoms with Gasteiger partial charge in [0.15, 0.2) is 0 Å². The van der Waals surface area contributed by atoms with Gasteiger partial charge in [-0.25, -0.2) is 4.68 Å². The Kier molecular flexibility index (Phi) is 4.88. The second kappa shape index (κ2) is 7.25. The molecule has 1 amide bonds. The summed E-state index contributed by atoms with van der Waals surface area (Å²) in [5, 5.41) is 19.9. The number of amides is 1. The minimum absolute atomic E-state index is 0.00497. The molecule has 7 nitrogen and oxygen atoms in total. The van der Waals surface area contributed by atoms with E-state index in [1.54, 1.807) is 0 Å². The summed E-state index contributed by atoms with van der Waals surface area (Å²) in [5.41, 5.74) is 1.83. The number of carbonyl (C=O) groups excluding carboxylic acids is 1. The van der Waals surface area contributed by atoms with Crippen LogP contribution < -0.4 is 5.32 Å². The van der Waals surface area contributed by atoms with Gasteiger partial charge in [0.05, 0.1) is 11.7 Å². The van der Waals surface area contributed by atoms with Crippen LogP contribution in [0.25, 0.3) is 0 Å². The molecule has 3 rings (SSSR count). The fraction of sp³-hybridized carbons (Fsp3) is 0.412. The van der Waals surface area contributed by atoms with Crippen LogP contribution in [-0.4, -0.2) is 32.0 Å². The number of hydrogen-bond donors (Lipinski definition) is 2. The van der Waals surface area contributed by atoms with Crippen LogP contribution in [0.5, 0.6) is 0 Å². The minimum Gasteiger partial charge on any atom is -0.481 e. The molecule has 1 aliphatic carbocycles. The van der Waals surface area contributed by atoms with Gasteiger partial charge in [-0.2, -0.15) is 0 Å². The molecule has 1 atom stereocenters. The van der Waals surface area contributed by atoms with Crippen molar-refractivity contribution >= 4 is 11.9 Å². The van der Waals surface area contributed by atoms with E-state index >= 15 is 0 Å². The van der Waals surface area contributed by atoms with E-state index in [0.717, 1.165) is 24.1 Å². The second-order valence-corrected chi connectivity index (χ2v) is 6.08. The minimum atomic E-state index is -0.879. The van der Waals surface area contributed by atoms with E-state index in [0.29, 0.717) is 12.3 Å². The van der Waals surface area contributed by atoms with Gasteiger partial charge in [-0.05, 0) is 24.8 Å². The van der Waals surface area contributed by atoms with E-state index in [1.165, 1.54) is 4.68 Å². The first kappa shape index (κ1) is 16.2. The normalized spacial score (nSPS) is 15.0. The number of rotatable bonds is 8. The third-order valence-electron chi connectivity index (χ3n) is 4.04. The van der Waals surface area contributed by atoms with E-state index in [-0.39, 0.29) is 24.9 Å². The molecule has 1 fully saturated rings. The molecule has 1 aromatic carbocycles. The highest BCUT2D eigenvalue weighted by molar-refractivity contribution is 5.76. The maximum absolute atomic E-state index is 12.3. The van der Waals surface area contributed by atoms with Gasteiger partial charge in [-0.1, -0.05) is 35.5 Å². The molecule has 7 heteroatoms. The van der Waals surface area contributed by atoms with Crippen molar-refractivity contribution in [3.63, 3.8) is 0 Å². The van der Waals surface area contributed by atoms with E-state index in [1.807, 2.05) is 36.5 Å². The summed E-state index contributed by atoms with van der Waals surface area (Å²) in [6.45, 7) is 0.0795. The lowest BCUT2D eigenvalue weighted by Crippen LogP contribution is -2.32. The van der Waals surface area contributed by atoms with Crippen LogP contribution in [0.1, 0.15) is 48.9 Å². The average molecular weight is 328 g/mol. The fourth-order valence-electron chi connectivity index (χ4n) is 2.62. The number of hydrogen-bond acceptors (Lipinski definition) is 4. The summed E-state index contributed by atoms with van der Waals surface area (Å²) in [7, 11) is 0. The maximum atomic E-state index is 12.3. The molecule has 0 saturated heterocycles. The molecule has 1 unspecified atom stereocenters. The van der Waals surface area contributed by atoms with Crippen molar-refractivity contribution in [3.8, 4) is 0 Å². The highest BCUT2D eigenvalue weighted by atomic mass is 16.4. The fourth-order valence-corrected chi connectivity index (χ4v) is 2.62. The third kappa shape index (κ3) is 4.41. The Balaban J connectivity index is 1.61. The Labute approximate surface area is 139 Å². The lowest BCUT2D eigenvalue weighted by Gasteiger charge is -2.18. The molecule has 1 saturated carbocycles. The van der Waals surface area contributed by atoms with E-state index in [9.17, 15) is 9.59 Å². The van der Waals surface area contributed by atoms with Gasteiger partial charge in [-0.3, -0.25) is 9.59 Å². The zero-order valence-electron chi connectivity index (χ0n) is 13.3. The largest absolute Gasteiger partial charge is 0.481 e. The van der Waals surface area contributed by atoms with Crippen LogP contribution in [0.15, 0.2) is 36.5 Å². The van der Waals surface area contributed by atoms with Gasteiger partial charge in [0.1, 0.15) is 6.54 Å². The molecule has 0 bridgehead atoms. The Morgan fingerprint density at radius 1 is 1.29 bits per heavy atom. The predicted octanol–water partition coefficient (Wildman–Crippen LogP) is 1.88. The van der Waals surface area contributed by atoms with Crippen molar-refractivity contribution in [2.24, 2.45) is 0 Å². The molecule has 2 N–H and O–H groups in total. The molecule has 126 valence electrons. The molecule has 0 spiro atoms. The highest BCUT2D eigenvalue weighted by Crippen LogP contribution is 2.38. The van der Waals surface area contributed by atoms with Crippen molar-refractivity contribution in [1.29, 1.82) is 0 Å². The van der Waals surface area contributed by atoms with Crippen LogP contribution in [0.3, 0.4) is 0 Å². The van der Waals surface area contributed by atoms with Crippen molar-refractivity contribution in [2.75, 3.05) is 0 Å². The van der Waals surface area contributed by atoms with Crippen LogP contribution in [0.2, 0.25) is 0 Å². The van der Waals surface area contributed by atoms with Gasteiger partial charge >= 0.3 is 5.97 Å². The number of benzene rings is 1. The summed E-state index contributed by atoms with van der Waals surface area (Å²) in [6, 6.07) is 9.06. The first-order chi connectivity index (χ1) is 11.6. The first-order valence-electron chi connectivity index (χ1n) is 8.08. The quantitative estimate of drug-likeness (QED) is 0.771. The summed E-state index contributed by atoms with van der Waals surface area (Å²) in [6.07, 6.45) is 4.42. The monoisotopic (exact) mass is 328 g/mol. The van der Waals surface area contributed by atoms with Crippen LogP contribution in [-0.2, 0) is 16.1 Å². The van der Waals surface area contributed by atoms with Crippen molar-refractivity contribution < 1.29 is 14.7 Å². The number of nitrogens with one attached hydrogen (secondary N) is 1. The lowest BCUT2D eigenvalue weighted by molar-refractivity contribution is -0.137. The van der Waals surface area contributed by atoms with Gasteiger partial charge in [0, 0.05) is 18.5 Å². The third-order valence-corrected chi connectivity index (χ3v) is 4.04. The standard InChI is InChI=1S/C17H20N4O3/c22-16(11-21-10-15(19-20-21)13-6-7-13)18-14(8-9-17(23)24)12-4-2-1-3-5-12/h1-5,10,13-14H,6-9,11H2,(H,18,22)(H,23,24). The lowest BCUT2D eigenvalue weighted by atomic mass is 10.0. The highest BCUT2D eigenvalue weighted by Gasteiger charge is 2.26. The average Bonchev–Trinajstić information content (AvgIpc) is 3.32. The molecule has 24 heavy (non-hydrogen) atoms. The number of carbonyl (C=O) groups is 2. The zero-order valence-corrected chi connectivity index (χ0v) is 13.3. The summed E-state index contributed by atoms with van der Waals surface area (Å²) >= 11 is 0. The molecule has 2 aromatic rings. The molecule has 0 radical (unpaired) electrons. The van der Waals surface area contributed by atoms with Crippen molar-refractivity contribution in [3.05, 3.63) is 47.8 Å². The number of aliphatic carboxylic acids is 1. The molecular weight excluding hydrogens is 308 g/mol. The van der Waals surface area contributed by atoms with Gasteiger partial charge < -0.3 is 10.4 Å². The van der Waals surface area contributed by atoms with Crippen molar-refractivity contribution in [1.82, 2.24) is 20.3 Å². The van der Waals surface area contributed by atoms with E-state index in [4.69, 9.17) is 5.11 Å². The number of aromatic nitrogens is 3. The SMILES string of the molecule is O=C(O)CCC(NC(=O)Cn1cc(C2CC2)nn1)c1ccccc1. The Morgan fingerprint density at radius 3 is 2.71 bits per heavy atom. The topological polar surface area (TPSA) is 97.1 Å². The van der Waals surface area contributed by atoms with Gasteiger partial charge in [0.25, 0.3) is 0 Å². The van der Waals surface area contributed by atoms with Crippen LogP contribution in [0.4, 0.5) is 0 Å². The summed E-state index contributed by atoms with van der Waals surface area (Å²) < 4.78 is 1.53. The maximum Gasteiger partial charge on any atom is 0.303 e. The number of carboxylic acid groups (broad SMARTS) is 1. The van der Waals surface area contributed by atoms with Crippen molar-refractivity contribution in [2.45, 2.75) is 44.2 Å². The molecule has 1 heterocycles. The second-order valence-electron chi connectivity index (χ2n) is 6.08. The summed E-state index contributed by atoms with van der Waals surface area (Å²) in [4.78, 5) is 23.1. The zero-order chi connectivity index (χ0) is 16.9. The van der Waals surface area contributed by atoms with Gasteiger partial charge in [0.2, 0.25) is 5.91 Å². The smallest absolute Gasteiger partial charge is 0.303 e. The van der Waals surface area contributed by atoms with E-state index in [2.05, 4.69) is 15.6 Å². The van der Waals surface area contributed by atoms with E-state index < -0.39 is 5.97 Å². The molecular formula is C17H20N4O3. The Hall–Kier alpha value is -2.70. The number of carboxylic acids is 1. The Morgan fingerprint density at radius 2 is 2.04 bits per heavy atom. The molecule has 1 aromatic heterocycles. The molecule has 1 aliphatic rings. The number of nitrogens with zero attached hydrogens (tertiary/aromatic N) is 3. The van der Waals surface area contributed by atoms with Crippen LogP contribution in [0, 0.1) is 0 Å². The van der Waals surface area contributed by atoms with Gasteiger partial charge in [-0.15, -0.1) is 5.10 Å².